The smallest absolute Gasteiger partial charge is 0.220 e. The molecule has 2 rings (SSSR count). The summed E-state index contributed by atoms with van der Waals surface area (Å²) in [5.41, 5.74) is 1.03. The van der Waals surface area contributed by atoms with Gasteiger partial charge in [0.2, 0.25) is 5.91 Å². The number of carbonyl (C=O) groups excluding carboxylic acids is 1. The molecule has 1 aromatic carbocycles. The Morgan fingerprint density at radius 1 is 1.25 bits per heavy atom. The number of hydrogen-bond acceptors (Lipinski definition) is 4. The quantitative estimate of drug-likeness (QED) is 0.668. The standard InChI is InChI=1S/C18H28N2O3.ClH/c1-19-11-5-8-18(21)20-13-14-9-10-16(22-2)17(12-14)23-15-6-3-4-7-15;/h9-10,12,15,19H,3-8,11,13H2,1-2H3,(H,20,21);1H. The molecule has 0 aliphatic heterocycles. The van der Waals surface area contributed by atoms with E-state index in [0.29, 0.717) is 13.0 Å². The van der Waals surface area contributed by atoms with Crippen LogP contribution in [0.2, 0.25) is 0 Å². The molecule has 1 aliphatic carbocycles. The summed E-state index contributed by atoms with van der Waals surface area (Å²) in [5, 5.41) is 5.99. The number of nitrogens with one attached hydrogen (secondary N) is 2. The van der Waals surface area contributed by atoms with Crippen LogP contribution in [-0.2, 0) is 11.3 Å². The Hall–Kier alpha value is -1.46. The second-order valence-electron chi connectivity index (χ2n) is 5.99. The minimum atomic E-state index is 0. The number of benzene rings is 1. The van der Waals surface area contributed by atoms with Crippen molar-refractivity contribution < 1.29 is 14.3 Å². The van der Waals surface area contributed by atoms with E-state index in [9.17, 15) is 4.79 Å². The molecule has 24 heavy (non-hydrogen) atoms. The molecule has 6 heteroatoms. The number of amides is 1. The van der Waals surface area contributed by atoms with E-state index in [1.807, 2.05) is 25.2 Å². The SMILES string of the molecule is CNCCCC(=O)NCc1ccc(OC)c(OC2CCCC2)c1.Cl. The summed E-state index contributed by atoms with van der Waals surface area (Å²) >= 11 is 0. The summed E-state index contributed by atoms with van der Waals surface area (Å²) in [6, 6.07) is 5.85. The maximum atomic E-state index is 11.8. The molecule has 1 aliphatic rings. The van der Waals surface area contributed by atoms with E-state index in [2.05, 4.69) is 10.6 Å². The third-order valence-corrected chi connectivity index (χ3v) is 4.14. The van der Waals surface area contributed by atoms with E-state index in [1.165, 1.54) is 12.8 Å². The fraction of sp³-hybridized carbons (Fsp3) is 0.611. The highest BCUT2D eigenvalue weighted by atomic mass is 35.5. The van der Waals surface area contributed by atoms with Crippen LogP contribution >= 0.6 is 12.4 Å². The van der Waals surface area contributed by atoms with Gasteiger partial charge in [0.25, 0.3) is 0 Å². The van der Waals surface area contributed by atoms with Crippen LogP contribution in [0.25, 0.3) is 0 Å². The van der Waals surface area contributed by atoms with Crippen molar-refractivity contribution in [2.24, 2.45) is 0 Å². The van der Waals surface area contributed by atoms with Gasteiger partial charge in [-0.15, -0.1) is 12.4 Å². The van der Waals surface area contributed by atoms with Crippen LogP contribution in [0.15, 0.2) is 18.2 Å². The molecule has 0 bridgehead atoms. The van der Waals surface area contributed by atoms with E-state index < -0.39 is 0 Å². The second kappa shape index (κ2) is 11.2. The summed E-state index contributed by atoms with van der Waals surface area (Å²) in [7, 11) is 3.54. The number of rotatable bonds is 9. The zero-order valence-electron chi connectivity index (χ0n) is 14.6. The highest BCUT2D eigenvalue weighted by Crippen LogP contribution is 2.32. The molecular weight excluding hydrogens is 328 g/mol. The zero-order valence-corrected chi connectivity index (χ0v) is 15.4. The highest BCUT2D eigenvalue weighted by Gasteiger charge is 2.18. The van der Waals surface area contributed by atoms with Gasteiger partial charge < -0.3 is 20.1 Å². The van der Waals surface area contributed by atoms with Crippen molar-refractivity contribution in [1.29, 1.82) is 0 Å². The number of ether oxygens (including phenoxy) is 2. The first-order valence-corrected chi connectivity index (χ1v) is 8.48. The monoisotopic (exact) mass is 356 g/mol. The molecule has 0 heterocycles. The van der Waals surface area contributed by atoms with Gasteiger partial charge in [0.05, 0.1) is 13.2 Å². The van der Waals surface area contributed by atoms with E-state index in [4.69, 9.17) is 9.47 Å². The first-order chi connectivity index (χ1) is 11.2. The van der Waals surface area contributed by atoms with E-state index in [-0.39, 0.29) is 24.4 Å². The van der Waals surface area contributed by atoms with Crippen LogP contribution in [0.4, 0.5) is 0 Å². The molecule has 0 unspecified atom stereocenters. The second-order valence-corrected chi connectivity index (χ2v) is 5.99. The van der Waals surface area contributed by atoms with Crippen molar-refractivity contribution in [3.63, 3.8) is 0 Å². The van der Waals surface area contributed by atoms with E-state index in [1.54, 1.807) is 7.11 Å². The van der Waals surface area contributed by atoms with Gasteiger partial charge in [-0.1, -0.05) is 6.07 Å². The van der Waals surface area contributed by atoms with Crippen LogP contribution in [-0.4, -0.2) is 32.7 Å². The van der Waals surface area contributed by atoms with Crippen molar-refractivity contribution in [3.8, 4) is 11.5 Å². The molecule has 1 amide bonds. The molecule has 0 spiro atoms. The van der Waals surface area contributed by atoms with Gasteiger partial charge in [-0.3, -0.25) is 4.79 Å². The normalized spacial score (nSPS) is 14.1. The number of methoxy groups -OCH3 is 1. The number of carbonyl (C=O) groups is 1. The van der Waals surface area contributed by atoms with E-state index >= 15 is 0 Å². The summed E-state index contributed by atoms with van der Waals surface area (Å²) < 4.78 is 11.5. The Kier molecular flexibility index (Phi) is 9.57. The van der Waals surface area contributed by atoms with Gasteiger partial charge in [0.15, 0.2) is 11.5 Å². The van der Waals surface area contributed by atoms with Crippen molar-refractivity contribution in [3.05, 3.63) is 23.8 Å². The van der Waals surface area contributed by atoms with Crippen LogP contribution in [0.1, 0.15) is 44.1 Å². The van der Waals surface area contributed by atoms with Crippen molar-refractivity contribution in [2.45, 2.75) is 51.2 Å². The summed E-state index contributed by atoms with van der Waals surface area (Å²) in [4.78, 5) is 11.8. The van der Waals surface area contributed by atoms with Crippen molar-refractivity contribution in [2.75, 3.05) is 20.7 Å². The zero-order chi connectivity index (χ0) is 16.5. The van der Waals surface area contributed by atoms with Crippen LogP contribution in [0.3, 0.4) is 0 Å². The first-order valence-electron chi connectivity index (χ1n) is 8.48. The summed E-state index contributed by atoms with van der Waals surface area (Å²) in [6.45, 7) is 1.37. The molecule has 2 N–H and O–H groups in total. The first kappa shape index (κ1) is 20.6. The van der Waals surface area contributed by atoms with Gasteiger partial charge in [-0.25, -0.2) is 0 Å². The number of hydrogen-bond donors (Lipinski definition) is 2. The molecule has 0 saturated heterocycles. The fourth-order valence-electron chi connectivity index (χ4n) is 2.82. The lowest BCUT2D eigenvalue weighted by atomic mass is 10.2. The highest BCUT2D eigenvalue weighted by molar-refractivity contribution is 5.85. The summed E-state index contributed by atoms with van der Waals surface area (Å²) in [6.07, 6.45) is 6.36. The lowest BCUT2D eigenvalue weighted by molar-refractivity contribution is -0.121. The molecule has 0 radical (unpaired) electrons. The topological polar surface area (TPSA) is 59.6 Å². The predicted molar refractivity (Wildman–Crippen MR) is 98.1 cm³/mol. The van der Waals surface area contributed by atoms with Crippen LogP contribution in [0.5, 0.6) is 11.5 Å². The average molecular weight is 357 g/mol. The molecule has 1 saturated carbocycles. The van der Waals surface area contributed by atoms with E-state index in [0.717, 1.165) is 42.9 Å². The Balaban J connectivity index is 0.00000288. The molecule has 0 aromatic heterocycles. The minimum Gasteiger partial charge on any atom is -0.493 e. The summed E-state index contributed by atoms with van der Waals surface area (Å²) in [5.74, 6) is 1.61. The lowest BCUT2D eigenvalue weighted by Crippen LogP contribution is -2.23. The Labute approximate surface area is 150 Å². The van der Waals surface area contributed by atoms with Gasteiger partial charge in [-0.2, -0.15) is 0 Å². The minimum absolute atomic E-state index is 0. The Morgan fingerprint density at radius 2 is 2.00 bits per heavy atom. The predicted octanol–water partition coefficient (Wildman–Crippen LogP) is 3.05. The molecule has 1 aromatic rings. The van der Waals surface area contributed by atoms with Crippen molar-refractivity contribution in [1.82, 2.24) is 10.6 Å². The fourth-order valence-corrected chi connectivity index (χ4v) is 2.82. The molecular formula is C18H29ClN2O3. The largest absolute Gasteiger partial charge is 0.493 e. The average Bonchev–Trinajstić information content (AvgIpc) is 3.06. The van der Waals surface area contributed by atoms with Crippen LogP contribution < -0.4 is 20.1 Å². The number of halogens is 1. The Morgan fingerprint density at radius 3 is 2.67 bits per heavy atom. The molecule has 0 atom stereocenters. The van der Waals surface area contributed by atoms with Gasteiger partial charge in [0.1, 0.15) is 0 Å². The Bertz CT molecular complexity index is 505. The van der Waals surface area contributed by atoms with Gasteiger partial charge >= 0.3 is 0 Å². The molecule has 5 nitrogen and oxygen atoms in total. The van der Waals surface area contributed by atoms with Gasteiger partial charge in [0, 0.05) is 13.0 Å². The molecule has 1 fully saturated rings. The third kappa shape index (κ3) is 6.57. The van der Waals surface area contributed by atoms with Crippen molar-refractivity contribution >= 4 is 18.3 Å². The van der Waals surface area contributed by atoms with Gasteiger partial charge in [-0.05, 0) is 63.4 Å². The lowest BCUT2D eigenvalue weighted by Gasteiger charge is -2.17. The maximum absolute atomic E-state index is 11.8. The maximum Gasteiger partial charge on any atom is 0.220 e. The third-order valence-electron chi connectivity index (χ3n) is 4.14. The molecule has 136 valence electrons. The van der Waals surface area contributed by atoms with Crippen LogP contribution in [0, 0.1) is 0 Å².